The van der Waals surface area contributed by atoms with Gasteiger partial charge in [0, 0.05) is 11.6 Å². The fraction of sp³-hybridized carbons (Fsp3) is 0. The molecule has 0 heterocycles. The van der Waals surface area contributed by atoms with E-state index in [1.807, 2.05) is 0 Å². The number of hydrogen-bond acceptors (Lipinski definition) is 4. The van der Waals surface area contributed by atoms with Gasteiger partial charge in [-0.3, -0.25) is 0 Å². The highest BCUT2D eigenvalue weighted by Crippen LogP contribution is 2.25. The van der Waals surface area contributed by atoms with E-state index in [-0.39, 0.29) is 11.5 Å². The molecule has 0 saturated carbocycles. The molecule has 0 fully saturated rings. The highest BCUT2D eigenvalue weighted by atomic mass is 16.5. The van der Waals surface area contributed by atoms with Gasteiger partial charge in [0.1, 0.15) is 11.5 Å². The van der Waals surface area contributed by atoms with Crippen molar-refractivity contribution in [3.05, 3.63) is 42.2 Å². The van der Waals surface area contributed by atoms with Crippen molar-refractivity contribution < 1.29 is 29.6 Å². The van der Waals surface area contributed by atoms with Crippen molar-refractivity contribution in [2.75, 3.05) is 0 Å². The summed E-state index contributed by atoms with van der Waals surface area (Å²) < 4.78 is 5.02. The van der Waals surface area contributed by atoms with Crippen molar-refractivity contribution in [3.8, 4) is 11.5 Å². The third-order valence-corrected chi connectivity index (χ3v) is 1.80. The fourth-order valence-electron chi connectivity index (χ4n) is 1.10. The zero-order chi connectivity index (χ0) is 13.5. The summed E-state index contributed by atoms with van der Waals surface area (Å²) in [6, 6.07) is 4.02. The molecule has 1 rings (SSSR count). The first-order valence-corrected chi connectivity index (χ1v) is 4.79. The molecule has 94 valence electrons. The highest BCUT2D eigenvalue weighted by Gasteiger charge is 2.02. The molecule has 6 nitrogen and oxygen atoms in total. The number of phenolic OH excluding ortho intramolecular Hbond substituents is 1. The highest BCUT2D eigenvalue weighted by molar-refractivity contribution is 5.86. The van der Waals surface area contributed by atoms with Gasteiger partial charge in [-0.1, -0.05) is 0 Å². The molecule has 0 spiro atoms. The molecular formula is C12H10O6. The summed E-state index contributed by atoms with van der Waals surface area (Å²) in [4.78, 5) is 20.6. The molecule has 0 aliphatic rings. The first-order valence-electron chi connectivity index (χ1n) is 4.79. The van der Waals surface area contributed by atoms with Gasteiger partial charge in [-0.2, -0.15) is 0 Å². The Balaban J connectivity index is 2.96. The van der Waals surface area contributed by atoms with E-state index in [1.165, 1.54) is 24.3 Å². The van der Waals surface area contributed by atoms with Gasteiger partial charge in [-0.25, -0.2) is 9.59 Å². The van der Waals surface area contributed by atoms with E-state index >= 15 is 0 Å². The average molecular weight is 250 g/mol. The van der Waals surface area contributed by atoms with Gasteiger partial charge in [-0.05, 0) is 24.3 Å². The molecule has 18 heavy (non-hydrogen) atoms. The maximum atomic E-state index is 10.4. The number of aromatic hydroxyl groups is 1. The first-order chi connectivity index (χ1) is 8.49. The number of ether oxygens (including phenoxy) is 1. The summed E-state index contributed by atoms with van der Waals surface area (Å²) in [7, 11) is 0. The summed E-state index contributed by atoms with van der Waals surface area (Å²) in [5.74, 6) is -2.15. The molecule has 1 aromatic rings. The maximum absolute atomic E-state index is 10.4. The quantitative estimate of drug-likeness (QED) is 0.540. The van der Waals surface area contributed by atoms with Crippen LogP contribution in [0.3, 0.4) is 0 Å². The van der Waals surface area contributed by atoms with Gasteiger partial charge in [0.2, 0.25) is 0 Å². The van der Waals surface area contributed by atoms with Crippen molar-refractivity contribution in [1.29, 1.82) is 0 Å². The second-order valence-corrected chi connectivity index (χ2v) is 3.15. The average Bonchev–Trinajstić information content (AvgIpc) is 2.28. The van der Waals surface area contributed by atoms with Crippen LogP contribution in [0.2, 0.25) is 0 Å². The monoisotopic (exact) mass is 250 g/mol. The molecule has 0 bridgehead atoms. The molecule has 3 N–H and O–H groups in total. The minimum atomic E-state index is -1.17. The van der Waals surface area contributed by atoms with E-state index < -0.39 is 11.9 Å². The van der Waals surface area contributed by atoms with E-state index in [4.69, 9.17) is 14.9 Å². The van der Waals surface area contributed by atoms with Crippen molar-refractivity contribution >= 4 is 18.0 Å². The van der Waals surface area contributed by atoms with Crippen LogP contribution in [0.4, 0.5) is 0 Å². The van der Waals surface area contributed by atoms with Gasteiger partial charge in [-0.15, -0.1) is 0 Å². The Kier molecular flexibility index (Phi) is 4.50. The van der Waals surface area contributed by atoms with Crippen LogP contribution in [-0.2, 0) is 9.59 Å². The van der Waals surface area contributed by atoms with E-state index in [1.54, 1.807) is 0 Å². The van der Waals surface area contributed by atoms with E-state index in [0.29, 0.717) is 5.56 Å². The third-order valence-electron chi connectivity index (χ3n) is 1.80. The van der Waals surface area contributed by atoms with Gasteiger partial charge in [0.05, 0.1) is 12.3 Å². The molecule has 1 aromatic carbocycles. The number of carboxylic acid groups (broad SMARTS) is 2. The Morgan fingerprint density at radius 1 is 1.11 bits per heavy atom. The lowest BCUT2D eigenvalue weighted by molar-refractivity contribution is -0.132. The van der Waals surface area contributed by atoms with Crippen LogP contribution >= 0.6 is 0 Å². The number of aliphatic carboxylic acids is 2. The molecule has 0 atom stereocenters. The second kappa shape index (κ2) is 6.09. The summed E-state index contributed by atoms with van der Waals surface area (Å²) in [5, 5.41) is 26.2. The second-order valence-electron chi connectivity index (χ2n) is 3.15. The molecule has 0 unspecified atom stereocenters. The third kappa shape index (κ3) is 4.40. The lowest BCUT2D eigenvalue weighted by Crippen LogP contribution is -1.92. The van der Waals surface area contributed by atoms with Crippen molar-refractivity contribution in [2.45, 2.75) is 0 Å². The summed E-state index contributed by atoms with van der Waals surface area (Å²) in [6.45, 7) is 0. The predicted octanol–water partition coefficient (Wildman–Crippen LogP) is 1.47. The molecule has 0 saturated heterocycles. The first kappa shape index (κ1) is 13.3. The number of phenols is 1. The number of carboxylic acids is 2. The summed E-state index contributed by atoms with van der Waals surface area (Å²) >= 11 is 0. The van der Waals surface area contributed by atoms with Crippen LogP contribution in [0.25, 0.3) is 6.08 Å². The topological polar surface area (TPSA) is 104 Å². The normalized spacial score (nSPS) is 10.9. The van der Waals surface area contributed by atoms with Crippen molar-refractivity contribution in [1.82, 2.24) is 0 Å². The molecule has 0 aliphatic heterocycles. The molecule has 0 radical (unpaired) electrons. The van der Waals surface area contributed by atoms with Gasteiger partial charge < -0.3 is 20.1 Å². The van der Waals surface area contributed by atoms with Crippen LogP contribution in [0.15, 0.2) is 36.6 Å². The zero-order valence-corrected chi connectivity index (χ0v) is 9.11. The zero-order valence-electron chi connectivity index (χ0n) is 9.11. The maximum Gasteiger partial charge on any atom is 0.331 e. The molecule has 0 aliphatic carbocycles. The molecular weight excluding hydrogens is 240 g/mol. The number of hydrogen-bond donors (Lipinski definition) is 3. The molecule has 0 amide bonds. The van der Waals surface area contributed by atoms with E-state index in [2.05, 4.69) is 0 Å². The van der Waals surface area contributed by atoms with E-state index in [9.17, 15) is 14.7 Å². The Morgan fingerprint density at radius 2 is 1.78 bits per heavy atom. The van der Waals surface area contributed by atoms with Crippen LogP contribution in [-0.4, -0.2) is 27.3 Å². The van der Waals surface area contributed by atoms with Crippen LogP contribution in [0.1, 0.15) is 5.56 Å². The minimum absolute atomic E-state index is 0.0606. The largest absolute Gasteiger partial charge is 0.508 e. The van der Waals surface area contributed by atoms with Crippen LogP contribution in [0.5, 0.6) is 11.5 Å². The Bertz CT molecular complexity index is 515. The number of carbonyl (C=O) groups is 2. The Labute approximate surface area is 102 Å². The standard InChI is InChI=1S/C12H10O6/c13-9-2-3-10(18-6-5-12(16)17)8(7-9)1-4-11(14)15/h1-7,13H,(H,14,15)(H,16,17). The lowest BCUT2D eigenvalue weighted by atomic mass is 10.1. The van der Waals surface area contributed by atoms with Crippen molar-refractivity contribution in [3.63, 3.8) is 0 Å². The molecule has 6 heteroatoms. The minimum Gasteiger partial charge on any atom is -0.508 e. The van der Waals surface area contributed by atoms with Crippen molar-refractivity contribution in [2.24, 2.45) is 0 Å². The predicted molar refractivity (Wildman–Crippen MR) is 62.2 cm³/mol. The Morgan fingerprint density at radius 3 is 2.39 bits per heavy atom. The van der Waals surface area contributed by atoms with Gasteiger partial charge in [0.25, 0.3) is 0 Å². The lowest BCUT2D eigenvalue weighted by Gasteiger charge is -2.04. The SMILES string of the molecule is O=C(O)C=COc1ccc(O)cc1C=CC(=O)O. The molecule has 0 aromatic heterocycles. The summed E-state index contributed by atoms with van der Waals surface area (Å²) in [6.07, 6.45) is 3.85. The van der Waals surface area contributed by atoms with Crippen LogP contribution < -0.4 is 4.74 Å². The Hall–Kier alpha value is -2.76. The van der Waals surface area contributed by atoms with Gasteiger partial charge in [0.15, 0.2) is 0 Å². The fourth-order valence-corrected chi connectivity index (χ4v) is 1.10. The smallest absolute Gasteiger partial charge is 0.331 e. The summed E-state index contributed by atoms with van der Waals surface area (Å²) in [5.41, 5.74) is 0.312. The number of benzene rings is 1. The van der Waals surface area contributed by atoms with E-state index in [0.717, 1.165) is 18.4 Å². The van der Waals surface area contributed by atoms with Gasteiger partial charge >= 0.3 is 11.9 Å². The number of rotatable bonds is 5. The van der Waals surface area contributed by atoms with Crippen LogP contribution in [0, 0.1) is 0 Å².